The summed E-state index contributed by atoms with van der Waals surface area (Å²) in [6, 6.07) is 4.58. The van der Waals surface area contributed by atoms with Crippen LogP contribution in [0, 0.1) is 12.8 Å². The largest absolute Gasteiger partial charge is 0.356 e. The van der Waals surface area contributed by atoms with Gasteiger partial charge in [0.2, 0.25) is 0 Å². The average molecular weight is 262 g/mol. The first kappa shape index (κ1) is 15.5. The summed E-state index contributed by atoms with van der Waals surface area (Å²) in [5.74, 6) is 1.45. The van der Waals surface area contributed by atoms with Crippen LogP contribution in [0.15, 0.2) is 23.3 Å². The number of rotatable bonds is 5. The fourth-order valence-electron chi connectivity index (χ4n) is 1.55. The molecule has 0 bridgehead atoms. The molecule has 0 spiro atoms. The first-order chi connectivity index (χ1) is 9.02. The molecule has 19 heavy (non-hydrogen) atoms. The Bertz CT molecular complexity index is 395. The molecule has 106 valence electrons. The van der Waals surface area contributed by atoms with Crippen molar-refractivity contribution in [1.29, 1.82) is 0 Å². The van der Waals surface area contributed by atoms with Crippen LogP contribution in [-0.2, 0) is 6.42 Å². The topological polar surface area (TPSA) is 49.3 Å². The molecule has 0 saturated carbocycles. The summed E-state index contributed by atoms with van der Waals surface area (Å²) in [5, 5.41) is 6.71. The van der Waals surface area contributed by atoms with Gasteiger partial charge in [0.25, 0.3) is 0 Å². The van der Waals surface area contributed by atoms with Crippen LogP contribution in [0.1, 0.15) is 32.0 Å². The highest BCUT2D eigenvalue weighted by Gasteiger charge is 2.08. The Kier molecular flexibility index (Phi) is 6.33. The maximum atomic E-state index is 4.29. The molecule has 0 aromatic carbocycles. The van der Waals surface area contributed by atoms with Crippen molar-refractivity contribution >= 4 is 5.96 Å². The zero-order valence-electron chi connectivity index (χ0n) is 12.7. The lowest BCUT2D eigenvalue weighted by Gasteiger charge is -2.20. The third-order valence-corrected chi connectivity index (χ3v) is 3.27. The van der Waals surface area contributed by atoms with Gasteiger partial charge >= 0.3 is 0 Å². The smallest absolute Gasteiger partial charge is 0.191 e. The van der Waals surface area contributed by atoms with E-state index in [1.54, 1.807) is 7.05 Å². The van der Waals surface area contributed by atoms with Crippen LogP contribution in [0.25, 0.3) is 0 Å². The highest BCUT2D eigenvalue weighted by atomic mass is 15.2. The van der Waals surface area contributed by atoms with Crippen molar-refractivity contribution in [3.05, 3.63) is 29.6 Å². The van der Waals surface area contributed by atoms with Crippen molar-refractivity contribution in [3.63, 3.8) is 0 Å². The van der Waals surface area contributed by atoms with Crippen LogP contribution >= 0.6 is 0 Å². The number of guanidine groups is 1. The first-order valence-electron chi connectivity index (χ1n) is 6.91. The van der Waals surface area contributed by atoms with E-state index < -0.39 is 0 Å². The third-order valence-electron chi connectivity index (χ3n) is 3.27. The van der Waals surface area contributed by atoms with Crippen LogP contribution in [0.3, 0.4) is 0 Å². The lowest BCUT2D eigenvalue weighted by Crippen LogP contribution is -2.44. The number of hydrogen-bond donors (Lipinski definition) is 2. The number of hydrogen-bond acceptors (Lipinski definition) is 2. The van der Waals surface area contributed by atoms with Crippen LogP contribution in [0.2, 0.25) is 0 Å². The molecule has 0 aliphatic carbocycles. The quantitative estimate of drug-likeness (QED) is 0.631. The zero-order valence-corrected chi connectivity index (χ0v) is 12.7. The number of aryl methyl sites for hydroxylation is 1. The highest BCUT2D eigenvalue weighted by Crippen LogP contribution is 2.00. The van der Waals surface area contributed by atoms with Gasteiger partial charge in [-0.1, -0.05) is 19.9 Å². The van der Waals surface area contributed by atoms with Gasteiger partial charge in [0.1, 0.15) is 0 Å². The van der Waals surface area contributed by atoms with E-state index in [9.17, 15) is 0 Å². The second-order valence-electron chi connectivity index (χ2n) is 5.23. The Morgan fingerprint density at radius 2 is 2.05 bits per heavy atom. The fourth-order valence-corrected chi connectivity index (χ4v) is 1.55. The molecular formula is C15H26N4. The van der Waals surface area contributed by atoms with Crippen LogP contribution < -0.4 is 10.6 Å². The standard InChI is InChI=1S/C15H26N4/c1-11(2)13(4)19-15(16-5)17-9-8-14-7-6-12(3)18-10-14/h6-7,10-11,13H,8-9H2,1-5H3,(H2,16,17,19). The molecule has 4 nitrogen and oxygen atoms in total. The van der Waals surface area contributed by atoms with Crippen molar-refractivity contribution in [2.24, 2.45) is 10.9 Å². The summed E-state index contributed by atoms with van der Waals surface area (Å²) in [6.45, 7) is 9.42. The minimum atomic E-state index is 0.409. The summed E-state index contributed by atoms with van der Waals surface area (Å²) in [5.41, 5.74) is 2.30. The molecule has 2 N–H and O–H groups in total. The average Bonchev–Trinajstić information content (AvgIpc) is 2.39. The summed E-state index contributed by atoms with van der Waals surface area (Å²) < 4.78 is 0. The maximum Gasteiger partial charge on any atom is 0.191 e. The molecule has 1 aromatic heterocycles. The molecule has 1 heterocycles. The zero-order chi connectivity index (χ0) is 14.3. The molecule has 1 unspecified atom stereocenters. The first-order valence-corrected chi connectivity index (χ1v) is 6.91. The Morgan fingerprint density at radius 3 is 2.58 bits per heavy atom. The van der Waals surface area contributed by atoms with Crippen molar-refractivity contribution in [1.82, 2.24) is 15.6 Å². The summed E-state index contributed by atoms with van der Waals surface area (Å²) >= 11 is 0. The predicted molar refractivity (Wildman–Crippen MR) is 81.5 cm³/mol. The van der Waals surface area contributed by atoms with Gasteiger partial charge in [0.15, 0.2) is 5.96 Å². The fraction of sp³-hybridized carbons (Fsp3) is 0.600. The minimum Gasteiger partial charge on any atom is -0.356 e. The van der Waals surface area contributed by atoms with E-state index in [2.05, 4.69) is 47.4 Å². The maximum absolute atomic E-state index is 4.29. The van der Waals surface area contributed by atoms with Crippen molar-refractivity contribution in [2.45, 2.75) is 40.2 Å². The number of nitrogens with zero attached hydrogens (tertiary/aromatic N) is 2. The molecule has 4 heteroatoms. The normalized spacial score (nSPS) is 13.5. The van der Waals surface area contributed by atoms with Crippen molar-refractivity contribution in [2.75, 3.05) is 13.6 Å². The van der Waals surface area contributed by atoms with E-state index >= 15 is 0 Å². The van der Waals surface area contributed by atoms with Crippen LogP contribution in [-0.4, -0.2) is 30.6 Å². The number of pyridine rings is 1. The number of nitrogens with one attached hydrogen (secondary N) is 2. The molecule has 0 saturated heterocycles. The SMILES string of the molecule is CN=C(NCCc1ccc(C)nc1)NC(C)C(C)C. The summed E-state index contributed by atoms with van der Waals surface area (Å²) in [7, 11) is 1.80. The van der Waals surface area contributed by atoms with E-state index in [1.165, 1.54) is 5.56 Å². The second kappa shape index (κ2) is 7.77. The Labute approximate surface area is 116 Å². The molecule has 1 rings (SSSR count). The highest BCUT2D eigenvalue weighted by molar-refractivity contribution is 5.79. The van der Waals surface area contributed by atoms with Crippen LogP contribution in [0.4, 0.5) is 0 Å². The van der Waals surface area contributed by atoms with Gasteiger partial charge in [0.05, 0.1) is 0 Å². The molecule has 0 aliphatic heterocycles. The van der Waals surface area contributed by atoms with Gasteiger partial charge in [-0.15, -0.1) is 0 Å². The van der Waals surface area contributed by atoms with Crippen LogP contribution in [0.5, 0.6) is 0 Å². The monoisotopic (exact) mass is 262 g/mol. The Hall–Kier alpha value is -1.58. The molecule has 1 atom stereocenters. The summed E-state index contributed by atoms with van der Waals surface area (Å²) in [6.07, 6.45) is 2.88. The molecular weight excluding hydrogens is 236 g/mol. The molecule has 1 aromatic rings. The van der Waals surface area contributed by atoms with Crippen molar-refractivity contribution < 1.29 is 0 Å². The molecule has 0 radical (unpaired) electrons. The third kappa shape index (κ3) is 5.73. The van der Waals surface area contributed by atoms with Gasteiger partial charge in [-0.05, 0) is 37.8 Å². The van der Waals surface area contributed by atoms with Gasteiger partial charge < -0.3 is 10.6 Å². The number of aliphatic imine (C=N–C) groups is 1. The number of aromatic nitrogens is 1. The van der Waals surface area contributed by atoms with Gasteiger partial charge in [-0.3, -0.25) is 9.98 Å². The van der Waals surface area contributed by atoms with E-state index in [4.69, 9.17) is 0 Å². The lowest BCUT2D eigenvalue weighted by molar-refractivity contribution is 0.481. The predicted octanol–water partition coefficient (Wildman–Crippen LogP) is 2.14. The Balaban J connectivity index is 2.36. The van der Waals surface area contributed by atoms with Crippen molar-refractivity contribution in [3.8, 4) is 0 Å². The minimum absolute atomic E-state index is 0.409. The van der Waals surface area contributed by atoms with Gasteiger partial charge in [0, 0.05) is 31.5 Å². The van der Waals surface area contributed by atoms with Gasteiger partial charge in [-0.2, -0.15) is 0 Å². The molecule has 0 aliphatic rings. The van der Waals surface area contributed by atoms with E-state index in [-0.39, 0.29) is 0 Å². The molecule has 0 fully saturated rings. The Morgan fingerprint density at radius 1 is 1.32 bits per heavy atom. The second-order valence-corrected chi connectivity index (χ2v) is 5.23. The van der Waals surface area contributed by atoms with E-state index in [0.717, 1.165) is 24.6 Å². The molecule has 0 amide bonds. The van der Waals surface area contributed by atoms with E-state index in [0.29, 0.717) is 12.0 Å². The van der Waals surface area contributed by atoms with E-state index in [1.807, 2.05) is 19.2 Å². The lowest BCUT2D eigenvalue weighted by atomic mass is 10.1. The summed E-state index contributed by atoms with van der Waals surface area (Å²) in [4.78, 5) is 8.53. The van der Waals surface area contributed by atoms with Gasteiger partial charge in [-0.25, -0.2) is 0 Å².